The number of nitrogens with two attached hydrogens (primary N) is 1. The summed E-state index contributed by atoms with van der Waals surface area (Å²) in [4.78, 5) is 26.7. The molecule has 0 saturated heterocycles. The lowest BCUT2D eigenvalue weighted by atomic mass is 9.94. The van der Waals surface area contributed by atoms with Crippen molar-refractivity contribution in [2.45, 2.75) is 38.1 Å². The van der Waals surface area contributed by atoms with Crippen molar-refractivity contribution >= 4 is 17.6 Å². The number of hydrogen-bond donors (Lipinski definition) is 3. The highest BCUT2D eigenvalue weighted by atomic mass is 16.4. The SMILES string of the molecule is NC1CCCCCC1C(=O)Nc1ccc(C(=O)O)nc1. The fourth-order valence-electron chi connectivity index (χ4n) is 2.49. The van der Waals surface area contributed by atoms with Crippen LogP contribution in [0.25, 0.3) is 0 Å². The van der Waals surface area contributed by atoms with Crippen molar-refractivity contribution in [3.05, 3.63) is 24.0 Å². The third-order valence-corrected chi connectivity index (χ3v) is 3.66. The van der Waals surface area contributed by atoms with Gasteiger partial charge in [0.25, 0.3) is 0 Å². The summed E-state index contributed by atoms with van der Waals surface area (Å²) >= 11 is 0. The molecule has 2 unspecified atom stereocenters. The van der Waals surface area contributed by atoms with Crippen LogP contribution in [0.2, 0.25) is 0 Å². The maximum Gasteiger partial charge on any atom is 0.354 e. The summed E-state index contributed by atoms with van der Waals surface area (Å²) in [5.74, 6) is -1.38. The molecule has 0 radical (unpaired) electrons. The van der Waals surface area contributed by atoms with Crippen LogP contribution in [0.4, 0.5) is 5.69 Å². The first-order valence-electron chi connectivity index (χ1n) is 6.83. The summed E-state index contributed by atoms with van der Waals surface area (Å²) in [5.41, 5.74) is 6.49. The third kappa shape index (κ3) is 3.54. The van der Waals surface area contributed by atoms with Crippen molar-refractivity contribution in [3.63, 3.8) is 0 Å². The highest BCUT2D eigenvalue weighted by molar-refractivity contribution is 5.93. The van der Waals surface area contributed by atoms with Crippen LogP contribution in [0, 0.1) is 5.92 Å². The van der Waals surface area contributed by atoms with Crippen LogP contribution in [0.1, 0.15) is 42.6 Å². The smallest absolute Gasteiger partial charge is 0.354 e. The first-order chi connectivity index (χ1) is 9.58. The fourth-order valence-corrected chi connectivity index (χ4v) is 2.49. The maximum atomic E-state index is 12.2. The van der Waals surface area contributed by atoms with Crippen LogP contribution in [0.15, 0.2) is 18.3 Å². The van der Waals surface area contributed by atoms with Crippen LogP contribution in [0.5, 0.6) is 0 Å². The van der Waals surface area contributed by atoms with Crippen molar-refractivity contribution in [3.8, 4) is 0 Å². The lowest BCUT2D eigenvalue weighted by molar-refractivity contribution is -0.120. The van der Waals surface area contributed by atoms with Crippen molar-refractivity contribution in [1.29, 1.82) is 0 Å². The monoisotopic (exact) mass is 277 g/mol. The number of carbonyl (C=O) groups is 2. The van der Waals surface area contributed by atoms with E-state index < -0.39 is 5.97 Å². The van der Waals surface area contributed by atoms with Gasteiger partial charge < -0.3 is 16.2 Å². The minimum absolute atomic E-state index is 0.0471. The predicted molar refractivity (Wildman–Crippen MR) is 74.4 cm³/mol. The Hall–Kier alpha value is -1.95. The molecule has 0 aromatic carbocycles. The van der Waals surface area contributed by atoms with E-state index >= 15 is 0 Å². The van der Waals surface area contributed by atoms with E-state index in [1.807, 2.05) is 0 Å². The molecule has 4 N–H and O–H groups in total. The number of nitrogens with one attached hydrogen (secondary N) is 1. The number of carboxylic acid groups (broad SMARTS) is 1. The summed E-state index contributed by atoms with van der Waals surface area (Å²) < 4.78 is 0. The second-order valence-electron chi connectivity index (χ2n) is 5.13. The molecular formula is C14H19N3O3. The Labute approximate surface area is 117 Å². The minimum Gasteiger partial charge on any atom is -0.477 e. The van der Waals surface area contributed by atoms with Crippen molar-refractivity contribution < 1.29 is 14.7 Å². The zero-order valence-electron chi connectivity index (χ0n) is 11.2. The van der Waals surface area contributed by atoms with Crippen LogP contribution in [0.3, 0.4) is 0 Å². The number of rotatable bonds is 3. The van der Waals surface area contributed by atoms with Gasteiger partial charge in [0.05, 0.1) is 17.8 Å². The molecule has 6 heteroatoms. The molecule has 1 aliphatic carbocycles. The van der Waals surface area contributed by atoms with E-state index in [9.17, 15) is 9.59 Å². The number of carboxylic acids is 1. The van der Waals surface area contributed by atoms with Crippen LogP contribution in [-0.4, -0.2) is 28.0 Å². The van der Waals surface area contributed by atoms with Crippen molar-refractivity contribution in [1.82, 2.24) is 4.98 Å². The van der Waals surface area contributed by atoms with Crippen molar-refractivity contribution in [2.24, 2.45) is 11.7 Å². The van der Waals surface area contributed by atoms with E-state index in [1.165, 1.54) is 18.3 Å². The summed E-state index contributed by atoms with van der Waals surface area (Å²) in [6.07, 6.45) is 6.22. The number of carbonyl (C=O) groups excluding carboxylic acids is 1. The fraction of sp³-hybridized carbons (Fsp3) is 0.500. The molecule has 1 amide bonds. The standard InChI is InChI=1S/C14H19N3O3/c15-11-5-3-1-2-4-10(11)13(18)17-9-6-7-12(14(19)20)16-8-9/h6-8,10-11H,1-5,15H2,(H,17,18)(H,19,20). The normalized spacial score (nSPS) is 22.9. The third-order valence-electron chi connectivity index (χ3n) is 3.66. The van der Waals surface area contributed by atoms with Gasteiger partial charge in [0.15, 0.2) is 0 Å². The molecule has 0 aliphatic heterocycles. The average Bonchev–Trinajstić information content (AvgIpc) is 2.64. The van der Waals surface area contributed by atoms with E-state index in [0.29, 0.717) is 5.69 Å². The van der Waals surface area contributed by atoms with Crippen LogP contribution < -0.4 is 11.1 Å². The predicted octanol–water partition coefficient (Wildman–Crippen LogP) is 1.63. The van der Waals surface area contributed by atoms with E-state index in [2.05, 4.69) is 10.3 Å². The molecule has 2 atom stereocenters. The van der Waals surface area contributed by atoms with Crippen LogP contribution in [-0.2, 0) is 4.79 Å². The zero-order chi connectivity index (χ0) is 14.5. The second kappa shape index (κ2) is 6.47. The van der Waals surface area contributed by atoms with E-state index in [0.717, 1.165) is 32.1 Å². The molecule has 1 aliphatic rings. The van der Waals surface area contributed by atoms with Crippen molar-refractivity contribution in [2.75, 3.05) is 5.32 Å². The van der Waals surface area contributed by atoms with E-state index in [1.54, 1.807) is 0 Å². The molecular weight excluding hydrogens is 258 g/mol. The minimum atomic E-state index is -1.09. The van der Waals surface area contributed by atoms with Gasteiger partial charge in [-0.3, -0.25) is 4.79 Å². The lowest BCUT2D eigenvalue weighted by Gasteiger charge is -2.20. The summed E-state index contributed by atoms with van der Waals surface area (Å²) in [7, 11) is 0. The van der Waals surface area contributed by atoms with Gasteiger partial charge in [0.1, 0.15) is 5.69 Å². The molecule has 2 rings (SSSR count). The number of amides is 1. The van der Waals surface area contributed by atoms with E-state index in [-0.39, 0.29) is 23.6 Å². The molecule has 20 heavy (non-hydrogen) atoms. The first-order valence-corrected chi connectivity index (χ1v) is 6.83. The Balaban J connectivity index is 2.01. The Bertz CT molecular complexity index is 487. The summed E-state index contributed by atoms with van der Waals surface area (Å²) in [5, 5.41) is 11.5. The van der Waals surface area contributed by atoms with Gasteiger partial charge in [-0.2, -0.15) is 0 Å². The molecule has 0 spiro atoms. The summed E-state index contributed by atoms with van der Waals surface area (Å²) in [6, 6.07) is 2.80. The average molecular weight is 277 g/mol. The molecule has 1 aromatic rings. The molecule has 108 valence electrons. The molecule has 0 bridgehead atoms. The summed E-state index contributed by atoms with van der Waals surface area (Å²) in [6.45, 7) is 0. The molecule has 1 saturated carbocycles. The van der Waals surface area contributed by atoms with Gasteiger partial charge >= 0.3 is 5.97 Å². The molecule has 1 fully saturated rings. The quantitative estimate of drug-likeness (QED) is 0.728. The number of aromatic carboxylic acids is 1. The van der Waals surface area contributed by atoms with Crippen LogP contribution >= 0.6 is 0 Å². The highest BCUT2D eigenvalue weighted by Crippen LogP contribution is 2.23. The van der Waals surface area contributed by atoms with Gasteiger partial charge in [0.2, 0.25) is 5.91 Å². The largest absolute Gasteiger partial charge is 0.477 e. The van der Waals surface area contributed by atoms with Gasteiger partial charge in [-0.05, 0) is 25.0 Å². The first kappa shape index (κ1) is 14.5. The Morgan fingerprint density at radius 2 is 2.00 bits per heavy atom. The van der Waals surface area contributed by atoms with E-state index in [4.69, 9.17) is 10.8 Å². The highest BCUT2D eigenvalue weighted by Gasteiger charge is 2.27. The maximum absolute atomic E-state index is 12.2. The number of anilines is 1. The number of aromatic nitrogens is 1. The van der Waals surface area contributed by atoms with Gasteiger partial charge in [-0.15, -0.1) is 0 Å². The Morgan fingerprint density at radius 1 is 1.25 bits per heavy atom. The number of nitrogens with zero attached hydrogens (tertiary/aromatic N) is 1. The molecule has 6 nitrogen and oxygen atoms in total. The molecule has 1 aromatic heterocycles. The second-order valence-corrected chi connectivity index (χ2v) is 5.13. The van der Waals surface area contributed by atoms with Gasteiger partial charge in [-0.1, -0.05) is 19.3 Å². The van der Waals surface area contributed by atoms with Gasteiger partial charge in [0, 0.05) is 6.04 Å². The zero-order valence-corrected chi connectivity index (χ0v) is 11.2. The van der Waals surface area contributed by atoms with Gasteiger partial charge in [-0.25, -0.2) is 9.78 Å². The topological polar surface area (TPSA) is 105 Å². The lowest BCUT2D eigenvalue weighted by Crippen LogP contribution is -2.37. The Morgan fingerprint density at radius 3 is 2.65 bits per heavy atom. The number of hydrogen-bond acceptors (Lipinski definition) is 4. The Kier molecular flexibility index (Phi) is 4.68. The molecule has 1 heterocycles. The number of pyridine rings is 1.